The van der Waals surface area contributed by atoms with Gasteiger partial charge >= 0.3 is 0 Å². The van der Waals surface area contributed by atoms with Gasteiger partial charge in [0.25, 0.3) is 5.91 Å². The van der Waals surface area contributed by atoms with E-state index in [0.29, 0.717) is 11.3 Å². The van der Waals surface area contributed by atoms with Gasteiger partial charge in [0, 0.05) is 55.0 Å². The van der Waals surface area contributed by atoms with Gasteiger partial charge in [0.05, 0.1) is 17.8 Å². The maximum atomic E-state index is 14.5. The Morgan fingerprint density at radius 1 is 0.605 bits per heavy atom. The van der Waals surface area contributed by atoms with Crippen molar-refractivity contribution in [2.75, 3.05) is 32.7 Å². The quantitative estimate of drug-likeness (QED) is 0.0742. The van der Waals surface area contributed by atoms with E-state index in [9.17, 15) is 43.2 Å². The molecule has 15 N–H and O–H groups in total. The predicted octanol–water partition coefficient (Wildman–Crippen LogP) is 0.672. The Balaban J connectivity index is 1.74. The summed E-state index contributed by atoms with van der Waals surface area (Å²) in [5.74, 6) is -8.25. The highest BCUT2D eigenvalue weighted by atomic mass is 16.2. The van der Waals surface area contributed by atoms with Gasteiger partial charge in [-0.2, -0.15) is 0 Å². The summed E-state index contributed by atoms with van der Waals surface area (Å²) < 4.78 is 0. The molecule has 0 bridgehead atoms. The summed E-state index contributed by atoms with van der Waals surface area (Å²) in [6.07, 6.45) is 0.780. The Morgan fingerprint density at radius 3 is 1.71 bits per heavy atom. The second-order valence-electron chi connectivity index (χ2n) is 20.2. The molecule has 0 unspecified atom stereocenters. The molecule has 8 atom stereocenters. The highest BCUT2D eigenvalue weighted by Crippen LogP contribution is 2.22. The minimum absolute atomic E-state index is 0.00184. The fourth-order valence-corrected chi connectivity index (χ4v) is 9.01. The number of amides is 7. The van der Waals surface area contributed by atoms with Gasteiger partial charge in [-0.15, -0.1) is 0 Å². The van der Waals surface area contributed by atoms with Crippen LogP contribution in [0.25, 0.3) is 11.3 Å². The minimum Gasteiger partial charge on any atom is -0.354 e. The summed E-state index contributed by atoms with van der Waals surface area (Å²) in [4.78, 5) is 132. The zero-order valence-corrected chi connectivity index (χ0v) is 44.3. The molecule has 7 amide bonds. The van der Waals surface area contributed by atoms with E-state index >= 15 is 0 Å². The van der Waals surface area contributed by atoms with Crippen LogP contribution in [0, 0.1) is 23.7 Å². The fraction of sp³-hybridized carbons (Fsp3) is 0.527. The first-order valence-corrected chi connectivity index (χ1v) is 26.4. The Hall–Kier alpha value is -6.94. The maximum Gasteiger partial charge on any atom is 0.251 e. The monoisotopic (exact) mass is 1050 g/mol. The molecule has 76 heavy (non-hydrogen) atoms. The molecule has 21 heteroatoms. The van der Waals surface area contributed by atoms with Gasteiger partial charge in [0.15, 0.2) is 11.6 Å². The summed E-state index contributed by atoms with van der Waals surface area (Å²) in [6.45, 7) is 7.12. The smallest absolute Gasteiger partial charge is 0.251 e. The van der Waals surface area contributed by atoms with Crippen LogP contribution in [0.5, 0.6) is 0 Å². The summed E-state index contributed by atoms with van der Waals surface area (Å²) in [6, 6.07) is 13.9. The highest BCUT2D eigenvalue weighted by molar-refractivity contribution is 6.00. The minimum atomic E-state index is -1.26. The number of ketones is 2. The van der Waals surface area contributed by atoms with E-state index in [-0.39, 0.29) is 108 Å². The molecule has 4 rings (SSSR count). The Bertz CT molecular complexity index is 2410. The molecular weight excluding hydrogens is 973 g/mol. The van der Waals surface area contributed by atoms with E-state index in [0.717, 1.165) is 5.56 Å². The number of Topliss-reactive ketones (excluding diaryl/α,β-unsaturated/α-hetero) is 2. The van der Waals surface area contributed by atoms with Crippen molar-refractivity contribution >= 4 is 52.9 Å². The van der Waals surface area contributed by atoms with E-state index < -0.39 is 107 Å². The lowest BCUT2D eigenvalue weighted by Gasteiger charge is -2.27. The van der Waals surface area contributed by atoms with Gasteiger partial charge < -0.3 is 60.2 Å². The van der Waals surface area contributed by atoms with Crippen LogP contribution in [0.4, 0.5) is 0 Å². The van der Waals surface area contributed by atoms with Crippen molar-refractivity contribution in [2.24, 2.45) is 46.6 Å². The number of nitrogens with zero attached hydrogens (tertiary/aromatic N) is 1. The number of pyridine rings is 1. The lowest BCUT2D eigenvalue weighted by molar-refractivity contribution is -0.136. The molecule has 414 valence electrons. The number of benzene rings is 2. The van der Waals surface area contributed by atoms with Crippen molar-refractivity contribution in [3.8, 4) is 11.3 Å². The maximum absolute atomic E-state index is 14.5. The average molecular weight is 1050 g/mol. The van der Waals surface area contributed by atoms with Crippen molar-refractivity contribution in [3.05, 3.63) is 90.1 Å². The number of carbonyl (C=O) groups is 9. The van der Waals surface area contributed by atoms with Crippen LogP contribution in [0.3, 0.4) is 0 Å². The van der Waals surface area contributed by atoms with Crippen LogP contribution < -0.4 is 60.2 Å². The van der Waals surface area contributed by atoms with Crippen LogP contribution in [0.2, 0.25) is 0 Å². The van der Waals surface area contributed by atoms with Gasteiger partial charge in [-0.1, -0.05) is 88.4 Å². The molecule has 2 heterocycles. The molecule has 1 aromatic heterocycles. The van der Waals surface area contributed by atoms with Crippen molar-refractivity contribution in [1.29, 1.82) is 0 Å². The number of hydrogen-bond acceptors (Lipinski definition) is 14. The second kappa shape index (κ2) is 31.8. The zero-order chi connectivity index (χ0) is 55.7. The van der Waals surface area contributed by atoms with Crippen molar-refractivity contribution < 1.29 is 43.2 Å². The molecule has 0 aliphatic carbocycles. The first kappa shape index (κ1) is 61.6. The molecule has 1 aliphatic heterocycles. The van der Waals surface area contributed by atoms with E-state index in [1.807, 2.05) is 58.0 Å². The Labute approximate surface area is 445 Å². The number of carbonyl (C=O) groups excluding carboxylic acids is 9. The first-order valence-electron chi connectivity index (χ1n) is 26.4. The summed E-state index contributed by atoms with van der Waals surface area (Å²) in [7, 11) is 0. The van der Waals surface area contributed by atoms with E-state index in [2.05, 4.69) is 42.2 Å². The van der Waals surface area contributed by atoms with Crippen LogP contribution in [0.15, 0.2) is 79.0 Å². The summed E-state index contributed by atoms with van der Waals surface area (Å²) in [5.41, 5.74) is 26.0. The molecule has 0 spiro atoms. The van der Waals surface area contributed by atoms with Gasteiger partial charge in [0.2, 0.25) is 35.4 Å². The molecule has 1 aliphatic rings. The number of hydrogen-bond donors (Lipinski definition) is 11. The van der Waals surface area contributed by atoms with Crippen LogP contribution in [0.1, 0.15) is 101 Å². The van der Waals surface area contributed by atoms with E-state index in [1.54, 1.807) is 36.4 Å². The molecule has 2 aromatic carbocycles. The lowest BCUT2D eigenvalue weighted by atomic mass is 9.88. The van der Waals surface area contributed by atoms with Crippen LogP contribution >= 0.6 is 0 Å². The molecule has 3 aromatic rings. The number of nitrogens with one attached hydrogen (secondary N) is 7. The fourth-order valence-electron chi connectivity index (χ4n) is 9.01. The van der Waals surface area contributed by atoms with Crippen molar-refractivity contribution in [2.45, 2.75) is 128 Å². The third-order valence-corrected chi connectivity index (χ3v) is 13.0. The average Bonchev–Trinajstić information content (AvgIpc) is 3.39. The van der Waals surface area contributed by atoms with E-state index in [4.69, 9.17) is 22.9 Å². The molecule has 1 fully saturated rings. The zero-order valence-electron chi connectivity index (χ0n) is 44.3. The Kier molecular flexibility index (Phi) is 25.8. The molecule has 0 radical (unpaired) electrons. The SMILES string of the molecule is CC(C)C[C@H]1CC(=O)[C@H](CCN)NC(=O)[C@@H](CC(=O)[C@@H](CCN)NC(=O)c2ccnc(-c3ccccc3)c2)CCNC(=O)[C@H](CC(C)C)NC(=O)[C@H](CCN)NC(=O)[C@H](CCN)NC(=O)[C@H](Cc2ccccc2)NC1=O. The number of nitrogens with two attached hydrogens (primary N) is 4. The summed E-state index contributed by atoms with van der Waals surface area (Å²) in [5, 5.41) is 19.3. The molecular formula is C55H80N12O9. The normalized spacial score (nSPS) is 22.3. The van der Waals surface area contributed by atoms with Gasteiger partial charge in [-0.25, -0.2) is 0 Å². The van der Waals surface area contributed by atoms with Crippen molar-refractivity contribution in [1.82, 2.24) is 42.2 Å². The van der Waals surface area contributed by atoms with Gasteiger partial charge in [-0.3, -0.25) is 48.1 Å². The van der Waals surface area contributed by atoms with Gasteiger partial charge in [-0.05, 0) is 101 Å². The second-order valence-corrected chi connectivity index (χ2v) is 20.2. The van der Waals surface area contributed by atoms with Crippen LogP contribution in [-0.4, -0.2) is 127 Å². The third-order valence-electron chi connectivity index (χ3n) is 13.0. The lowest BCUT2D eigenvalue weighted by Crippen LogP contribution is -2.59. The first-order chi connectivity index (χ1) is 36.4. The highest BCUT2D eigenvalue weighted by Gasteiger charge is 2.36. The largest absolute Gasteiger partial charge is 0.354 e. The topological polar surface area (TPSA) is 355 Å². The standard InChI is InChI=1S/C55H80N12O9/c1-33(2)27-39-32-48(69)41(16-22-57)63-50(71)38(31-47(68)40(15-21-56)62-49(70)37-19-25-60-44(30-37)36-13-9-6-10-14-36)20-26-61-52(73)45(28-34(3)4)67-54(75)43(18-24-59)64-53(74)42(17-23-58)65-55(76)46(66-51(39)72)29-35-11-7-5-8-12-35/h5-14,19,25,30,33-34,38-43,45-46H,15-18,20-24,26-29,31-32,56-59H2,1-4H3,(H,61,73)(H,62,70)(H,63,71)(H,64,74)(H,65,76)(H,66,72)(H,67,75)/t38-,39+,40-,41+,42+,43+,45+,46+/m1/s1. The molecule has 21 nitrogen and oxygen atoms in total. The molecule has 1 saturated heterocycles. The van der Waals surface area contributed by atoms with Crippen LogP contribution in [-0.2, 0) is 44.8 Å². The number of rotatable bonds is 20. The van der Waals surface area contributed by atoms with E-state index in [1.165, 1.54) is 12.3 Å². The summed E-state index contributed by atoms with van der Waals surface area (Å²) >= 11 is 0. The predicted molar refractivity (Wildman–Crippen MR) is 288 cm³/mol. The third kappa shape index (κ3) is 20.0. The Morgan fingerprint density at radius 2 is 1.13 bits per heavy atom. The van der Waals surface area contributed by atoms with Gasteiger partial charge in [0.1, 0.15) is 24.2 Å². The molecule has 0 saturated carbocycles. The van der Waals surface area contributed by atoms with Crippen molar-refractivity contribution in [3.63, 3.8) is 0 Å². The number of aromatic nitrogens is 1.